The van der Waals surface area contributed by atoms with Gasteiger partial charge in [-0.15, -0.1) is 0 Å². The van der Waals surface area contributed by atoms with Gasteiger partial charge in [0.25, 0.3) is 0 Å². The number of nitrogens with zero attached hydrogens (tertiary/aromatic N) is 3. The van der Waals surface area contributed by atoms with Crippen molar-refractivity contribution in [2.45, 2.75) is 12.5 Å². The van der Waals surface area contributed by atoms with Crippen molar-refractivity contribution in [3.63, 3.8) is 0 Å². The van der Waals surface area contributed by atoms with Gasteiger partial charge in [0.1, 0.15) is 5.82 Å². The second-order valence-electron chi connectivity index (χ2n) is 5.56. The molecule has 122 valence electrons. The minimum absolute atomic E-state index is 0.233. The Hall–Kier alpha value is -2.99. The monoisotopic (exact) mass is 321 g/mol. The topological polar surface area (TPSA) is 85.8 Å². The van der Waals surface area contributed by atoms with E-state index in [0.29, 0.717) is 12.2 Å². The van der Waals surface area contributed by atoms with E-state index in [0.717, 1.165) is 16.8 Å². The number of nitrogens with two attached hydrogens (primary N) is 1. The Morgan fingerprint density at radius 1 is 1.21 bits per heavy atom. The number of benzene rings is 1. The molecule has 2 aromatic heterocycles. The van der Waals surface area contributed by atoms with Crippen molar-refractivity contribution in [2.24, 2.45) is 12.8 Å². The van der Waals surface area contributed by atoms with Gasteiger partial charge < -0.3 is 11.1 Å². The minimum atomic E-state index is -0.619. The van der Waals surface area contributed by atoms with Crippen molar-refractivity contribution in [1.82, 2.24) is 14.8 Å². The number of hydrogen-bond donors (Lipinski definition) is 2. The number of pyridine rings is 1. The van der Waals surface area contributed by atoms with Crippen LogP contribution in [0.2, 0.25) is 0 Å². The highest BCUT2D eigenvalue weighted by Crippen LogP contribution is 2.20. The zero-order valence-electron chi connectivity index (χ0n) is 13.4. The van der Waals surface area contributed by atoms with Gasteiger partial charge in [-0.2, -0.15) is 5.10 Å². The van der Waals surface area contributed by atoms with Crippen LogP contribution < -0.4 is 11.1 Å². The fourth-order valence-electron chi connectivity index (χ4n) is 2.43. The molecular formula is C18H19N5O. The highest BCUT2D eigenvalue weighted by atomic mass is 16.2. The summed E-state index contributed by atoms with van der Waals surface area (Å²) in [6.07, 6.45) is 3.90. The van der Waals surface area contributed by atoms with Crippen LogP contribution in [-0.2, 0) is 18.3 Å². The molecule has 0 aliphatic carbocycles. The molecule has 3 aromatic rings. The van der Waals surface area contributed by atoms with Gasteiger partial charge in [0.05, 0.1) is 11.7 Å². The molecule has 0 unspecified atom stereocenters. The normalized spacial score (nSPS) is 11.9. The number of rotatable bonds is 5. The van der Waals surface area contributed by atoms with E-state index in [1.165, 1.54) is 0 Å². The Balaban J connectivity index is 1.69. The zero-order valence-corrected chi connectivity index (χ0v) is 13.4. The molecule has 1 aromatic carbocycles. The van der Waals surface area contributed by atoms with Gasteiger partial charge >= 0.3 is 0 Å². The van der Waals surface area contributed by atoms with Crippen LogP contribution in [0.1, 0.15) is 5.56 Å². The van der Waals surface area contributed by atoms with Crippen molar-refractivity contribution in [2.75, 3.05) is 5.32 Å². The van der Waals surface area contributed by atoms with E-state index < -0.39 is 6.04 Å². The molecule has 0 saturated carbocycles. The van der Waals surface area contributed by atoms with Gasteiger partial charge in [-0.05, 0) is 24.1 Å². The third kappa shape index (κ3) is 3.67. The van der Waals surface area contributed by atoms with E-state index in [9.17, 15) is 4.79 Å². The molecule has 0 spiro atoms. The van der Waals surface area contributed by atoms with Crippen LogP contribution in [0.5, 0.6) is 0 Å². The lowest BCUT2D eigenvalue weighted by molar-refractivity contribution is -0.117. The van der Waals surface area contributed by atoms with E-state index in [1.807, 2.05) is 48.5 Å². The summed E-state index contributed by atoms with van der Waals surface area (Å²) in [6.45, 7) is 0. The number of carbonyl (C=O) groups excluding carboxylic acids is 1. The second-order valence-corrected chi connectivity index (χ2v) is 5.56. The maximum Gasteiger partial charge on any atom is 0.242 e. The number of hydrogen-bond acceptors (Lipinski definition) is 4. The van der Waals surface area contributed by atoms with Gasteiger partial charge in [-0.25, -0.2) is 0 Å². The summed E-state index contributed by atoms with van der Waals surface area (Å²) >= 11 is 0. The summed E-state index contributed by atoms with van der Waals surface area (Å²) in [4.78, 5) is 16.3. The third-order valence-corrected chi connectivity index (χ3v) is 3.74. The summed E-state index contributed by atoms with van der Waals surface area (Å²) < 4.78 is 1.63. The number of anilines is 1. The second kappa shape index (κ2) is 7.06. The maximum atomic E-state index is 12.3. The van der Waals surface area contributed by atoms with Gasteiger partial charge in [-0.1, -0.05) is 30.3 Å². The quantitative estimate of drug-likeness (QED) is 0.752. The van der Waals surface area contributed by atoms with Crippen molar-refractivity contribution in [3.8, 4) is 11.3 Å². The van der Waals surface area contributed by atoms with Crippen molar-refractivity contribution in [3.05, 3.63) is 66.5 Å². The molecular weight excluding hydrogens is 302 g/mol. The molecule has 2 heterocycles. The number of aromatic nitrogens is 3. The van der Waals surface area contributed by atoms with Crippen LogP contribution in [0.15, 0.2) is 60.9 Å². The Labute approximate surface area is 140 Å². The van der Waals surface area contributed by atoms with Gasteiger partial charge in [0.2, 0.25) is 5.91 Å². The number of aryl methyl sites for hydroxylation is 1. The maximum absolute atomic E-state index is 12.3. The average molecular weight is 321 g/mol. The number of nitrogens with one attached hydrogen (secondary N) is 1. The first-order valence-electron chi connectivity index (χ1n) is 7.68. The molecule has 0 aliphatic heterocycles. The Bertz CT molecular complexity index is 814. The van der Waals surface area contributed by atoms with Gasteiger partial charge in [-0.3, -0.25) is 14.5 Å². The molecule has 3 rings (SSSR count). The highest BCUT2D eigenvalue weighted by molar-refractivity contribution is 5.94. The molecule has 0 radical (unpaired) electrons. The zero-order chi connectivity index (χ0) is 16.9. The summed E-state index contributed by atoms with van der Waals surface area (Å²) in [5.74, 6) is 0.374. The lowest BCUT2D eigenvalue weighted by Gasteiger charge is -2.12. The first-order valence-corrected chi connectivity index (χ1v) is 7.68. The molecule has 1 atom stereocenters. The fourth-order valence-corrected chi connectivity index (χ4v) is 2.43. The van der Waals surface area contributed by atoms with E-state index in [2.05, 4.69) is 15.4 Å². The minimum Gasteiger partial charge on any atom is -0.320 e. The Kier molecular flexibility index (Phi) is 4.67. The predicted molar refractivity (Wildman–Crippen MR) is 93.2 cm³/mol. The first-order chi connectivity index (χ1) is 11.6. The smallest absolute Gasteiger partial charge is 0.242 e. The molecule has 0 aliphatic rings. The largest absolute Gasteiger partial charge is 0.320 e. The van der Waals surface area contributed by atoms with Crippen LogP contribution in [0.25, 0.3) is 11.3 Å². The van der Waals surface area contributed by atoms with E-state index in [-0.39, 0.29) is 5.91 Å². The van der Waals surface area contributed by atoms with E-state index >= 15 is 0 Å². The van der Waals surface area contributed by atoms with Gasteiger partial charge in [0.15, 0.2) is 0 Å². The fraction of sp³-hybridized carbons (Fsp3) is 0.167. The van der Waals surface area contributed by atoms with Crippen LogP contribution >= 0.6 is 0 Å². The molecule has 0 bridgehead atoms. The highest BCUT2D eigenvalue weighted by Gasteiger charge is 2.16. The van der Waals surface area contributed by atoms with Gasteiger partial charge in [0, 0.05) is 31.1 Å². The lowest BCUT2D eigenvalue weighted by Crippen LogP contribution is -2.37. The lowest BCUT2D eigenvalue weighted by atomic mass is 10.1. The Morgan fingerprint density at radius 3 is 2.62 bits per heavy atom. The molecule has 0 saturated heterocycles. The molecule has 0 fully saturated rings. The van der Waals surface area contributed by atoms with Crippen LogP contribution in [0.4, 0.5) is 5.82 Å². The number of carbonyl (C=O) groups is 1. The van der Waals surface area contributed by atoms with Crippen LogP contribution in [0.3, 0.4) is 0 Å². The molecule has 1 amide bonds. The number of amides is 1. The Morgan fingerprint density at radius 2 is 1.92 bits per heavy atom. The third-order valence-electron chi connectivity index (χ3n) is 3.74. The molecule has 3 N–H and O–H groups in total. The van der Waals surface area contributed by atoms with Crippen molar-refractivity contribution in [1.29, 1.82) is 0 Å². The molecule has 6 heteroatoms. The molecule has 6 nitrogen and oxygen atoms in total. The summed E-state index contributed by atoms with van der Waals surface area (Å²) in [6, 6.07) is 14.7. The first kappa shape index (κ1) is 15.9. The van der Waals surface area contributed by atoms with Crippen molar-refractivity contribution >= 4 is 11.7 Å². The standard InChI is InChI=1S/C18H19N5O/c1-23-17(12-16(22-23)14-7-9-20-10-8-14)21-18(24)15(19)11-13-5-3-2-4-6-13/h2-10,12,15H,11,19H2,1H3,(H,21,24)/t15-/m0/s1. The summed E-state index contributed by atoms with van der Waals surface area (Å²) in [7, 11) is 1.78. The van der Waals surface area contributed by atoms with E-state index in [1.54, 1.807) is 24.1 Å². The van der Waals surface area contributed by atoms with E-state index in [4.69, 9.17) is 5.73 Å². The van der Waals surface area contributed by atoms with Crippen LogP contribution in [-0.4, -0.2) is 26.7 Å². The predicted octanol–water partition coefficient (Wildman–Crippen LogP) is 1.99. The van der Waals surface area contributed by atoms with Crippen molar-refractivity contribution < 1.29 is 4.79 Å². The summed E-state index contributed by atoms with van der Waals surface area (Å²) in [5.41, 5.74) is 8.76. The van der Waals surface area contributed by atoms with Crippen LogP contribution in [0, 0.1) is 0 Å². The molecule has 24 heavy (non-hydrogen) atoms. The summed E-state index contributed by atoms with van der Waals surface area (Å²) in [5, 5.41) is 7.25. The average Bonchev–Trinajstić information content (AvgIpc) is 2.97. The SMILES string of the molecule is Cn1nc(-c2ccncc2)cc1NC(=O)[C@@H](N)Cc1ccccc1.